The maximum Gasteiger partial charge on any atom is 0.0726 e. The van der Waals surface area contributed by atoms with Crippen LogP contribution < -0.4 is 5.32 Å². The molecule has 0 bridgehead atoms. The Labute approximate surface area is 103 Å². The standard InChI is InChI=1S/C13H21N3O/c1-17-8-7-16-11-13(10-15-16)14-9-12-5-3-2-4-6-12/h2-3,10-12,14H,4-9H2,1H3. The molecule has 0 amide bonds. The molecule has 0 spiro atoms. The Morgan fingerprint density at radius 3 is 3.24 bits per heavy atom. The van der Waals surface area contributed by atoms with Crippen molar-refractivity contribution in [1.82, 2.24) is 9.78 Å². The summed E-state index contributed by atoms with van der Waals surface area (Å²) in [5.41, 5.74) is 1.11. The van der Waals surface area contributed by atoms with Crippen molar-refractivity contribution in [3.63, 3.8) is 0 Å². The monoisotopic (exact) mass is 235 g/mol. The summed E-state index contributed by atoms with van der Waals surface area (Å²) in [6.07, 6.45) is 12.2. The second-order valence-electron chi connectivity index (χ2n) is 4.52. The van der Waals surface area contributed by atoms with Crippen LogP contribution in [0.15, 0.2) is 24.5 Å². The van der Waals surface area contributed by atoms with E-state index in [4.69, 9.17) is 4.74 Å². The Morgan fingerprint density at radius 1 is 1.53 bits per heavy atom. The average Bonchev–Trinajstić information content (AvgIpc) is 2.83. The highest BCUT2D eigenvalue weighted by Gasteiger charge is 2.09. The minimum Gasteiger partial charge on any atom is -0.383 e. The minimum absolute atomic E-state index is 0.703. The van der Waals surface area contributed by atoms with E-state index in [9.17, 15) is 0 Å². The first-order chi connectivity index (χ1) is 8.38. The average molecular weight is 235 g/mol. The van der Waals surface area contributed by atoms with Crippen molar-refractivity contribution in [2.45, 2.75) is 25.8 Å². The van der Waals surface area contributed by atoms with Crippen LogP contribution in [0.5, 0.6) is 0 Å². The summed E-state index contributed by atoms with van der Waals surface area (Å²) in [5.74, 6) is 0.766. The fraction of sp³-hybridized carbons (Fsp3) is 0.615. The Bertz CT molecular complexity index is 359. The van der Waals surface area contributed by atoms with Crippen molar-refractivity contribution in [2.75, 3.05) is 25.6 Å². The molecule has 0 radical (unpaired) electrons. The molecular weight excluding hydrogens is 214 g/mol. The Morgan fingerprint density at radius 2 is 2.47 bits per heavy atom. The highest BCUT2D eigenvalue weighted by molar-refractivity contribution is 5.38. The number of allylic oxidation sites excluding steroid dienone is 2. The zero-order valence-electron chi connectivity index (χ0n) is 10.4. The maximum absolute atomic E-state index is 5.02. The van der Waals surface area contributed by atoms with Gasteiger partial charge in [-0.15, -0.1) is 0 Å². The molecule has 1 aromatic rings. The maximum atomic E-state index is 5.02. The first kappa shape index (κ1) is 12.2. The number of hydrogen-bond acceptors (Lipinski definition) is 3. The van der Waals surface area contributed by atoms with Crippen LogP contribution in [0.3, 0.4) is 0 Å². The molecule has 1 aliphatic carbocycles. The fourth-order valence-corrected chi connectivity index (χ4v) is 2.07. The third-order valence-corrected chi connectivity index (χ3v) is 3.13. The summed E-state index contributed by atoms with van der Waals surface area (Å²) in [7, 11) is 1.71. The third-order valence-electron chi connectivity index (χ3n) is 3.13. The van der Waals surface area contributed by atoms with Gasteiger partial charge in [0, 0.05) is 19.9 Å². The molecule has 1 atom stereocenters. The number of nitrogens with zero attached hydrogens (tertiary/aromatic N) is 2. The molecule has 0 fully saturated rings. The van der Waals surface area contributed by atoms with E-state index in [-0.39, 0.29) is 0 Å². The molecule has 1 N–H and O–H groups in total. The number of nitrogens with one attached hydrogen (secondary N) is 1. The molecule has 1 unspecified atom stereocenters. The van der Waals surface area contributed by atoms with Gasteiger partial charge in [0.15, 0.2) is 0 Å². The van der Waals surface area contributed by atoms with Crippen LogP contribution >= 0.6 is 0 Å². The van der Waals surface area contributed by atoms with E-state index in [0.29, 0.717) is 6.61 Å². The molecule has 1 heterocycles. The van der Waals surface area contributed by atoms with E-state index in [1.165, 1.54) is 19.3 Å². The van der Waals surface area contributed by atoms with Gasteiger partial charge >= 0.3 is 0 Å². The highest BCUT2D eigenvalue weighted by atomic mass is 16.5. The fourth-order valence-electron chi connectivity index (χ4n) is 2.07. The molecular formula is C13H21N3O. The highest BCUT2D eigenvalue weighted by Crippen LogP contribution is 2.18. The summed E-state index contributed by atoms with van der Waals surface area (Å²) in [6.45, 7) is 2.55. The van der Waals surface area contributed by atoms with E-state index < -0.39 is 0 Å². The van der Waals surface area contributed by atoms with Crippen molar-refractivity contribution in [3.8, 4) is 0 Å². The molecule has 94 valence electrons. The zero-order valence-corrected chi connectivity index (χ0v) is 10.4. The van der Waals surface area contributed by atoms with Crippen LogP contribution in [0.4, 0.5) is 5.69 Å². The van der Waals surface area contributed by atoms with E-state index in [0.717, 1.165) is 24.7 Å². The summed E-state index contributed by atoms with van der Waals surface area (Å²) in [6, 6.07) is 0. The van der Waals surface area contributed by atoms with Crippen LogP contribution in [0.1, 0.15) is 19.3 Å². The summed E-state index contributed by atoms with van der Waals surface area (Å²) >= 11 is 0. The van der Waals surface area contributed by atoms with Crippen molar-refractivity contribution < 1.29 is 4.74 Å². The lowest BCUT2D eigenvalue weighted by Crippen LogP contribution is -2.15. The van der Waals surface area contributed by atoms with E-state index in [2.05, 4.69) is 22.6 Å². The van der Waals surface area contributed by atoms with Crippen molar-refractivity contribution in [3.05, 3.63) is 24.5 Å². The molecule has 0 saturated carbocycles. The largest absolute Gasteiger partial charge is 0.383 e. The van der Waals surface area contributed by atoms with Crippen molar-refractivity contribution in [2.24, 2.45) is 5.92 Å². The second kappa shape index (κ2) is 6.45. The van der Waals surface area contributed by atoms with Gasteiger partial charge in [0.1, 0.15) is 0 Å². The Kier molecular flexibility index (Phi) is 4.62. The summed E-state index contributed by atoms with van der Waals surface area (Å²) in [5, 5.41) is 7.73. The first-order valence-corrected chi connectivity index (χ1v) is 6.29. The Balaban J connectivity index is 1.74. The molecule has 0 saturated heterocycles. The van der Waals surface area contributed by atoms with E-state index in [1.807, 2.05) is 17.1 Å². The van der Waals surface area contributed by atoms with Gasteiger partial charge in [-0.2, -0.15) is 5.10 Å². The predicted octanol–water partition coefficient (Wildman–Crippen LogP) is 2.30. The van der Waals surface area contributed by atoms with E-state index in [1.54, 1.807) is 7.11 Å². The van der Waals surface area contributed by atoms with Crippen molar-refractivity contribution in [1.29, 1.82) is 0 Å². The van der Waals surface area contributed by atoms with Gasteiger partial charge in [-0.05, 0) is 25.2 Å². The topological polar surface area (TPSA) is 39.1 Å². The molecule has 0 aliphatic heterocycles. The molecule has 1 aliphatic rings. The van der Waals surface area contributed by atoms with Gasteiger partial charge in [0.05, 0.1) is 25.0 Å². The van der Waals surface area contributed by atoms with Crippen LogP contribution in [-0.2, 0) is 11.3 Å². The lowest BCUT2D eigenvalue weighted by Gasteiger charge is -2.17. The molecule has 17 heavy (non-hydrogen) atoms. The number of aromatic nitrogens is 2. The first-order valence-electron chi connectivity index (χ1n) is 6.29. The smallest absolute Gasteiger partial charge is 0.0726 e. The lowest BCUT2D eigenvalue weighted by atomic mass is 9.94. The van der Waals surface area contributed by atoms with Gasteiger partial charge in [-0.25, -0.2) is 0 Å². The Hall–Kier alpha value is -1.29. The lowest BCUT2D eigenvalue weighted by molar-refractivity contribution is 0.183. The summed E-state index contributed by atoms with van der Waals surface area (Å²) in [4.78, 5) is 0. The van der Waals surface area contributed by atoms with Crippen LogP contribution in [0.2, 0.25) is 0 Å². The molecule has 4 nitrogen and oxygen atoms in total. The van der Waals surface area contributed by atoms with Gasteiger partial charge < -0.3 is 10.1 Å². The van der Waals surface area contributed by atoms with Gasteiger partial charge in [0.2, 0.25) is 0 Å². The number of anilines is 1. The van der Waals surface area contributed by atoms with Gasteiger partial charge in [-0.1, -0.05) is 12.2 Å². The van der Waals surface area contributed by atoms with Crippen molar-refractivity contribution >= 4 is 5.69 Å². The molecule has 0 aromatic carbocycles. The van der Waals surface area contributed by atoms with Gasteiger partial charge in [0.25, 0.3) is 0 Å². The number of hydrogen-bond donors (Lipinski definition) is 1. The van der Waals surface area contributed by atoms with Gasteiger partial charge in [-0.3, -0.25) is 4.68 Å². The predicted molar refractivity (Wildman–Crippen MR) is 69.1 cm³/mol. The number of methoxy groups -OCH3 is 1. The van der Waals surface area contributed by atoms with Crippen LogP contribution in [0, 0.1) is 5.92 Å². The van der Waals surface area contributed by atoms with Crippen LogP contribution in [0.25, 0.3) is 0 Å². The molecule has 1 aromatic heterocycles. The summed E-state index contributed by atoms with van der Waals surface area (Å²) < 4.78 is 6.93. The number of ether oxygens (including phenoxy) is 1. The normalized spacial score (nSPS) is 19.5. The molecule has 2 rings (SSSR count). The third kappa shape index (κ3) is 3.89. The molecule has 4 heteroatoms. The van der Waals surface area contributed by atoms with E-state index >= 15 is 0 Å². The minimum atomic E-state index is 0.703. The second-order valence-corrected chi connectivity index (χ2v) is 4.52. The SMILES string of the molecule is COCCn1cc(NCC2CC=CCC2)cn1. The zero-order chi connectivity index (χ0) is 11.9. The van der Waals surface area contributed by atoms with Crippen LogP contribution in [-0.4, -0.2) is 30.0 Å². The quantitative estimate of drug-likeness (QED) is 0.769. The number of rotatable bonds is 6.